The molecule has 0 aliphatic carbocycles. The smallest absolute Gasteiger partial charge is 0.171 e. The van der Waals surface area contributed by atoms with Gasteiger partial charge in [-0.25, -0.2) is 4.98 Å². The zero-order valence-electron chi connectivity index (χ0n) is 10.0. The Balaban J connectivity index is 2.11. The van der Waals surface area contributed by atoms with E-state index in [1.54, 1.807) is 12.4 Å². The van der Waals surface area contributed by atoms with Crippen LogP contribution in [0.2, 0.25) is 0 Å². The highest BCUT2D eigenvalue weighted by Crippen LogP contribution is 2.36. The molecule has 3 N–H and O–H groups in total. The van der Waals surface area contributed by atoms with Crippen molar-refractivity contribution < 1.29 is 0 Å². The van der Waals surface area contributed by atoms with Crippen LogP contribution < -0.4 is 11.1 Å². The predicted molar refractivity (Wildman–Crippen MR) is 75.4 cm³/mol. The molecular formula is C14H11N5. The Morgan fingerprint density at radius 3 is 3.00 bits per heavy atom. The summed E-state index contributed by atoms with van der Waals surface area (Å²) in [5.74, 6) is 0. The maximum atomic E-state index is 5.82. The maximum Gasteiger partial charge on any atom is 0.171 e. The maximum absolute atomic E-state index is 5.82. The summed E-state index contributed by atoms with van der Waals surface area (Å²) < 4.78 is 0. The highest BCUT2D eigenvalue weighted by molar-refractivity contribution is 6.04. The molecule has 0 saturated heterocycles. The van der Waals surface area contributed by atoms with Crippen molar-refractivity contribution in [2.75, 3.05) is 5.32 Å². The van der Waals surface area contributed by atoms with Gasteiger partial charge in [0.1, 0.15) is 0 Å². The highest BCUT2D eigenvalue weighted by Gasteiger charge is 2.20. The van der Waals surface area contributed by atoms with Crippen molar-refractivity contribution in [2.45, 2.75) is 6.29 Å². The van der Waals surface area contributed by atoms with Gasteiger partial charge in [0.15, 0.2) is 6.29 Å². The quantitative estimate of drug-likeness (QED) is 0.637. The van der Waals surface area contributed by atoms with Gasteiger partial charge in [-0.2, -0.15) is 0 Å². The van der Waals surface area contributed by atoms with Crippen molar-refractivity contribution in [1.82, 2.24) is 9.97 Å². The van der Waals surface area contributed by atoms with Crippen molar-refractivity contribution in [2.24, 2.45) is 10.7 Å². The summed E-state index contributed by atoms with van der Waals surface area (Å²) in [7, 11) is 0. The average molecular weight is 249 g/mol. The van der Waals surface area contributed by atoms with Crippen molar-refractivity contribution in [1.29, 1.82) is 0 Å². The van der Waals surface area contributed by atoms with Gasteiger partial charge in [0.25, 0.3) is 0 Å². The van der Waals surface area contributed by atoms with Crippen LogP contribution in [-0.4, -0.2) is 22.5 Å². The molecule has 5 nitrogen and oxygen atoms in total. The largest absolute Gasteiger partial charge is 0.349 e. The number of fused-ring (bicyclic) bond motifs is 5. The number of anilines is 1. The number of rotatable bonds is 0. The number of benzene rings is 1. The predicted octanol–water partition coefficient (Wildman–Crippen LogP) is 1.82. The summed E-state index contributed by atoms with van der Waals surface area (Å²) >= 11 is 0. The minimum Gasteiger partial charge on any atom is -0.349 e. The Kier molecular flexibility index (Phi) is 2.04. The van der Waals surface area contributed by atoms with Crippen molar-refractivity contribution >= 4 is 22.8 Å². The van der Waals surface area contributed by atoms with Crippen molar-refractivity contribution in [3.05, 3.63) is 42.2 Å². The fourth-order valence-corrected chi connectivity index (χ4v) is 2.42. The number of aliphatic imine (C=N–C) groups is 1. The Morgan fingerprint density at radius 2 is 2.05 bits per heavy atom. The van der Waals surface area contributed by atoms with Crippen LogP contribution in [0.3, 0.4) is 0 Å². The van der Waals surface area contributed by atoms with Gasteiger partial charge in [0, 0.05) is 35.1 Å². The molecule has 92 valence electrons. The van der Waals surface area contributed by atoms with Crippen LogP contribution in [0.5, 0.6) is 0 Å². The molecule has 1 aromatic rings. The van der Waals surface area contributed by atoms with E-state index in [0.717, 1.165) is 33.4 Å². The molecule has 0 radical (unpaired) electrons. The molecule has 1 aromatic carbocycles. The van der Waals surface area contributed by atoms with E-state index in [0.29, 0.717) is 0 Å². The third-order valence-electron chi connectivity index (χ3n) is 3.29. The Bertz CT molecular complexity index is 780. The van der Waals surface area contributed by atoms with Crippen molar-refractivity contribution in [3.8, 4) is 11.3 Å². The normalized spacial score (nSPS) is 17.4. The standard InChI is InChI=1S/C14H11N5/c15-14-17-6-8-5-16-7-10-9-3-1-2-4-11(9)18-13(10)12(8)19-14/h1-7,14,19H,15H2. The van der Waals surface area contributed by atoms with E-state index in [1.165, 1.54) is 0 Å². The first kappa shape index (κ1) is 10.4. The van der Waals surface area contributed by atoms with E-state index in [9.17, 15) is 0 Å². The molecule has 0 fully saturated rings. The third kappa shape index (κ3) is 1.49. The van der Waals surface area contributed by atoms with Gasteiger partial charge in [0.05, 0.1) is 16.9 Å². The zero-order chi connectivity index (χ0) is 12.8. The van der Waals surface area contributed by atoms with Gasteiger partial charge >= 0.3 is 0 Å². The number of nitrogens with two attached hydrogens (primary N) is 1. The SMILES string of the molecule is NC1N=Cc2cncc3c4ccccc4nc-3c2N1. The number of nitrogens with zero attached hydrogens (tertiary/aromatic N) is 3. The lowest BCUT2D eigenvalue weighted by molar-refractivity contribution is 0.806. The molecule has 4 rings (SSSR count). The molecule has 0 aromatic heterocycles. The fourth-order valence-electron chi connectivity index (χ4n) is 2.42. The molecule has 1 unspecified atom stereocenters. The Morgan fingerprint density at radius 1 is 1.16 bits per heavy atom. The van der Waals surface area contributed by atoms with E-state index >= 15 is 0 Å². The van der Waals surface area contributed by atoms with Gasteiger partial charge in [-0.3, -0.25) is 15.7 Å². The van der Waals surface area contributed by atoms with Gasteiger partial charge in [-0.1, -0.05) is 18.2 Å². The van der Waals surface area contributed by atoms with Crippen molar-refractivity contribution in [3.63, 3.8) is 0 Å². The number of hydrogen-bond acceptors (Lipinski definition) is 5. The molecule has 0 spiro atoms. The molecule has 0 saturated carbocycles. The van der Waals surface area contributed by atoms with Crippen LogP contribution in [0.15, 0.2) is 41.7 Å². The van der Waals surface area contributed by atoms with Gasteiger partial charge in [0.2, 0.25) is 0 Å². The summed E-state index contributed by atoms with van der Waals surface area (Å²) in [6, 6.07) is 8.03. The molecule has 5 heteroatoms. The molecule has 0 amide bonds. The summed E-state index contributed by atoms with van der Waals surface area (Å²) in [5.41, 5.74) is 10.5. The van der Waals surface area contributed by atoms with Gasteiger partial charge in [-0.05, 0) is 6.07 Å². The highest BCUT2D eigenvalue weighted by atomic mass is 15.2. The molecule has 3 aliphatic heterocycles. The van der Waals surface area contributed by atoms with E-state index in [2.05, 4.69) is 26.3 Å². The number of nitrogens with one attached hydrogen (secondary N) is 1. The number of aromatic nitrogens is 2. The average Bonchev–Trinajstić information content (AvgIpc) is 2.70. The molecule has 3 aliphatic rings. The number of para-hydroxylation sites is 1. The first-order valence-electron chi connectivity index (χ1n) is 6.05. The second kappa shape index (κ2) is 3.73. The van der Waals surface area contributed by atoms with E-state index < -0.39 is 6.29 Å². The lowest BCUT2D eigenvalue weighted by atomic mass is 10.1. The number of hydrogen-bond donors (Lipinski definition) is 2. The molecule has 3 heterocycles. The zero-order valence-corrected chi connectivity index (χ0v) is 10.0. The minimum absolute atomic E-state index is 0.432. The fraction of sp³-hybridized carbons (Fsp3) is 0.0714. The molecular weight excluding hydrogens is 238 g/mol. The first-order valence-corrected chi connectivity index (χ1v) is 6.05. The van der Waals surface area contributed by atoms with Gasteiger partial charge in [-0.15, -0.1) is 0 Å². The lowest BCUT2D eigenvalue weighted by Gasteiger charge is -2.17. The van der Waals surface area contributed by atoms with Crippen LogP contribution in [-0.2, 0) is 0 Å². The van der Waals surface area contributed by atoms with Crippen LogP contribution in [0.25, 0.3) is 22.2 Å². The van der Waals surface area contributed by atoms with Gasteiger partial charge < -0.3 is 5.32 Å². The second-order valence-electron chi connectivity index (χ2n) is 4.50. The monoisotopic (exact) mass is 249 g/mol. The van der Waals surface area contributed by atoms with Crippen LogP contribution in [0.1, 0.15) is 5.56 Å². The first-order chi connectivity index (χ1) is 9.33. The molecule has 1 atom stereocenters. The van der Waals surface area contributed by atoms with Crippen LogP contribution in [0, 0.1) is 0 Å². The minimum atomic E-state index is -0.432. The Hall–Kier alpha value is -2.53. The van der Waals surface area contributed by atoms with E-state index in [1.807, 2.05) is 24.4 Å². The van der Waals surface area contributed by atoms with Crippen LogP contribution in [0.4, 0.5) is 5.69 Å². The summed E-state index contributed by atoms with van der Waals surface area (Å²) in [6.07, 6.45) is 4.92. The topological polar surface area (TPSA) is 76.2 Å². The second-order valence-corrected chi connectivity index (χ2v) is 4.50. The van der Waals surface area contributed by atoms with Crippen LogP contribution >= 0.6 is 0 Å². The summed E-state index contributed by atoms with van der Waals surface area (Å²) in [5, 5.41) is 4.26. The summed E-state index contributed by atoms with van der Waals surface area (Å²) in [4.78, 5) is 13.1. The Labute approximate surface area is 109 Å². The molecule has 0 bridgehead atoms. The molecule has 19 heavy (non-hydrogen) atoms. The lowest BCUT2D eigenvalue weighted by Crippen LogP contribution is -2.30. The van der Waals surface area contributed by atoms with E-state index in [4.69, 9.17) is 5.73 Å². The summed E-state index contributed by atoms with van der Waals surface area (Å²) in [6.45, 7) is 0. The third-order valence-corrected chi connectivity index (χ3v) is 3.29. The van der Waals surface area contributed by atoms with E-state index in [-0.39, 0.29) is 0 Å².